The number of aryl methyl sites for hydroxylation is 3. The summed E-state index contributed by atoms with van der Waals surface area (Å²) in [6.45, 7) is 12.5. The Labute approximate surface area is 150 Å². The minimum absolute atomic E-state index is 0.0168. The van der Waals surface area contributed by atoms with E-state index in [4.69, 9.17) is 0 Å². The maximum atomic E-state index is 13.0. The summed E-state index contributed by atoms with van der Waals surface area (Å²) in [6.07, 6.45) is 1.32. The Morgan fingerprint density at radius 2 is 1.60 bits per heavy atom. The van der Waals surface area contributed by atoms with Crippen LogP contribution in [0.2, 0.25) is 0 Å². The highest BCUT2D eigenvalue weighted by atomic mass is 16.2. The Morgan fingerprint density at radius 3 is 2.08 bits per heavy atom. The van der Waals surface area contributed by atoms with Crippen LogP contribution in [-0.4, -0.2) is 54.3 Å². The summed E-state index contributed by atoms with van der Waals surface area (Å²) < 4.78 is 0. The molecule has 2 amide bonds. The number of hydrogen-bond donors (Lipinski definition) is 1. The standard InChI is InChI=1S/C20H29N3O2/c1-5-22-8-10-23(11-9-22)19(25)20(6-7-20)18(24)21-17-15(3)12-14(2)13-16(17)4/h12-13H,5-11H2,1-4H3,(H,21,24). The maximum absolute atomic E-state index is 13.0. The zero-order chi connectivity index (χ0) is 18.2. The second-order valence-electron chi connectivity index (χ2n) is 7.54. The summed E-state index contributed by atoms with van der Waals surface area (Å²) in [6, 6.07) is 4.13. The molecule has 2 aliphatic rings. The lowest BCUT2D eigenvalue weighted by Crippen LogP contribution is -2.52. The van der Waals surface area contributed by atoms with Crippen LogP contribution < -0.4 is 5.32 Å². The monoisotopic (exact) mass is 343 g/mol. The first-order chi connectivity index (χ1) is 11.9. The molecule has 1 saturated heterocycles. The lowest BCUT2D eigenvalue weighted by atomic mass is 10.0. The molecule has 0 radical (unpaired) electrons. The predicted octanol–water partition coefficient (Wildman–Crippen LogP) is 2.49. The van der Waals surface area contributed by atoms with Gasteiger partial charge < -0.3 is 15.1 Å². The van der Waals surface area contributed by atoms with Gasteiger partial charge in [0, 0.05) is 31.9 Å². The van der Waals surface area contributed by atoms with Crippen LogP contribution in [0.25, 0.3) is 0 Å². The Hall–Kier alpha value is -1.88. The first-order valence-electron chi connectivity index (χ1n) is 9.28. The highest BCUT2D eigenvalue weighted by molar-refractivity contribution is 6.13. The third kappa shape index (κ3) is 3.43. The molecule has 25 heavy (non-hydrogen) atoms. The highest BCUT2D eigenvalue weighted by Crippen LogP contribution is 2.48. The van der Waals surface area contributed by atoms with Gasteiger partial charge in [-0.05, 0) is 51.3 Å². The van der Waals surface area contributed by atoms with E-state index in [0.717, 1.165) is 49.5 Å². The number of nitrogens with zero attached hydrogens (tertiary/aromatic N) is 2. The van der Waals surface area contributed by atoms with Crippen LogP contribution in [0.1, 0.15) is 36.5 Å². The van der Waals surface area contributed by atoms with Crippen molar-refractivity contribution in [1.82, 2.24) is 9.80 Å². The highest BCUT2D eigenvalue weighted by Gasteiger charge is 2.58. The molecule has 136 valence electrons. The number of hydrogen-bond acceptors (Lipinski definition) is 3. The normalized spacial score (nSPS) is 19.6. The van der Waals surface area contributed by atoms with Gasteiger partial charge in [-0.3, -0.25) is 9.59 Å². The van der Waals surface area contributed by atoms with E-state index in [1.54, 1.807) is 0 Å². The number of nitrogens with one attached hydrogen (secondary N) is 1. The molecule has 0 unspecified atom stereocenters. The van der Waals surface area contributed by atoms with Crippen LogP contribution >= 0.6 is 0 Å². The van der Waals surface area contributed by atoms with Crippen molar-refractivity contribution >= 4 is 17.5 Å². The summed E-state index contributed by atoms with van der Waals surface area (Å²) in [5.41, 5.74) is 3.29. The predicted molar refractivity (Wildman–Crippen MR) is 99.6 cm³/mol. The van der Waals surface area contributed by atoms with Crippen molar-refractivity contribution in [2.75, 3.05) is 38.0 Å². The molecule has 1 heterocycles. The van der Waals surface area contributed by atoms with Crippen molar-refractivity contribution in [3.05, 3.63) is 28.8 Å². The van der Waals surface area contributed by atoms with Gasteiger partial charge in [-0.15, -0.1) is 0 Å². The van der Waals surface area contributed by atoms with E-state index in [2.05, 4.69) is 29.3 Å². The third-order valence-corrected chi connectivity index (χ3v) is 5.62. The molecule has 0 bridgehead atoms. The van der Waals surface area contributed by atoms with Crippen molar-refractivity contribution in [2.24, 2.45) is 5.41 Å². The summed E-state index contributed by atoms with van der Waals surface area (Å²) in [7, 11) is 0. The van der Waals surface area contributed by atoms with Gasteiger partial charge in [-0.25, -0.2) is 0 Å². The summed E-state index contributed by atoms with van der Waals surface area (Å²) in [5, 5.41) is 3.05. The first-order valence-corrected chi connectivity index (χ1v) is 9.28. The van der Waals surface area contributed by atoms with E-state index in [9.17, 15) is 9.59 Å². The van der Waals surface area contributed by atoms with E-state index < -0.39 is 5.41 Å². The number of anilines is 1. The Bertz CT molecular complexity index is 663. The fourth-order valence-corrected chi connectivity index (χ4v) is 3.84. The average molecular weight is 343 g/mol. The maximum Gasteiger partial charge on any atom is 0.240 e. The molecule has 1 N–H and O–H groups in total. The second-order valence-corrected chi connectivity index (χ2v) is 7.54. The minimum Gasteiger partial charge on any atom is -0.339 e. The van der Waals surface area contributed by atoms with E-state index in [1.807, 2.05) is 25.7 Å². The number of benzene rings is 1. The molecule has 5 nitrogen and oxygen atoms in total. The molecule has 0 spiro atoms. The summed E-state index contributed by atoms with van der Waals surface area (Å²) in [5.74, 6) is -0.117. The number of carbonyl (C=O) groups is 2. The second kappa shape index (κ2) is 6.79. The number of rotatable bonds is 4. The van der Waals surface area contributed by atoms with Gasteiger partial charge in [0.25, 0.3) is 0 Å². The lowest BCUT2D eigenvalue weighted by molar-refractivity contribution is -0.143. The quantitative estimate of drug-likeness (QED) is 0.855. The molecule has 1 aromatic rings. The van der Waals surface area contributed by atoms with Crippen molar-refractivity contribution in [3.63, 3.8) is 0 Å². The summed E-state index contributed by atoms with van der Waals surface area (Å²) >= 11 is 0. The van der Waals surface area contributed by atoms with Gasteiger partial charge in [0.15, 0.2) is 0 Å². The average Bonchev–Trinajstić information content (AvgIpc) is 3.39. The van der Waals surface area contributed by atoms with Crippen LogP contribution in [0.5, 0.6) is 0 Å². The zero-order valence-corrected chi connectivity index (χ0v) is 15.8. The molecule has 0 aromatic heterocycles. The molecule has 3 rings (SSSR count). The van der Waals surface area contributed by atoms with Crippen LogP contribution in [-0.2, 0) is 9.59 Å². The first kappa shape index (κ1) is 17.9. The van der Waals surface area contributed by atoms with Gasteiger partial charge in [0.1, 0.15) is 5.41 Å². The topological polar surface area (TPSA) is 52.7 Å². The molecule has 0 atom stereocenters. The van der Waals surface area contributed by atoms with Crippen molar-refractivity contribution in [2.45, 2.75) is 40.5 Å². The molecule has 1 aromatic carbocycles. The van der Waals surface area contributed by atoms with E-state index in [1.165, 1.54) is 5.56 Å². The fourth-order valence-electron chi connectivity index (χ4n) is 3.84. The van der Waals surface area contributed by atoms with Crippen molar-refractivity contribution in [1.29, 1.82) is 0 Å². The van der Waals surface area contributed by atoms with Crippen molar-refractivity contribution in [3.8, 4) is 0 Å². The Kier molecular flexibility index (Phi) is 4.87. The van der Waals surface area contributed by atoms with Gasteiger partial charge >= 0.3 is 0 Å². The Morgan fingerprint density at radius 1 is 1.04 bits per heavy atom. The van der Waals surface area contributed by atoms with E-state index >= 15 is 0 Å². The lowest BCUT2D eigenvalue weighted by Gasteiger charge is -2.35. The van der Waals surface area contributed by atoms with Crippen LogP contribution in [0, 0.1) is 26.2 Å². The largest absolute Gasteiger partial charge is 0.339 e. The minimum atomic E-state index is -0.835. The zero-order valence-electron chi connectivity index (χ0n) is 15.8. The van der Waals surface area contributed by atoms with Crippen LogP contribution in [0.15, 0.2) is 12.1 Å². The van der Waals surface area contributed by atoms with Gasteiger partial charge in [0.2, 0.25) is 11.8 Å². The molecule has 1 aliphatic heterocycles. The summed E-state index contributed by atoms with van der Waals surface area (Å²) in [4.78, 5) is 30.1. The Balaban J connectivity index is 1.71. The smallest absolute Gasteiger partial charge is 0.240 e. The van der Waals surface area contributed by atoms with Gasteiger partial charge in [-0.2, -0.15) is 0 Å². The molecular formula is C20H29N3O2. The molecular weight excluding hydrogens is 314 g/mol. The number of amides is 2. The SMILES string of the molecule is CCN1CCN(C(=O)C2(C(=O)Nc3c(C)cc(C)cc3C)CC2)CC1. The number of carbonyl (C=O) groups excluding carboxylic acids is 2. The third-order valence-electron chi connectivity index (χ3n) is 5.62. The number of likely N-dealkylation sites (N-methyl/N-ethyl adjacent to an activating group) is 1. The van der Waals surface area contributed by atoms with Gasteiger partial charge in [0.05, 0.1) is 0 Å². The fraction of sp³-hybridized carbons (Fsp3) is 0.600. The van der Waals surface area contributed by atoms with Crippen molar-refractivity contribution < 1.29 is 9.59 Å². The number of piperazine rings is 1. The van der Waals surface area contributed by atoms with Crippen LogP contribution in [0.4, 0.5) is 5.69 Å². The molecule has 1 aliphatic carbocycles. The molecule has 1 saturated carbocycles. The van der Waals surface area contributed by atoms with E-state index in [0.29, 0.717) is 12.8 Å². The van der Waals surface area contributed by atoms with Gasteiger partial charge in [-0.1, -0.05) is 24.6 Å². The van der Waals surface area contributed by atoms with E-state index in [-0.39, 0.29) is 11.8 Å². The molecule has 5 heteroatoms. The molecule has 2 fully saturated rings. The van der Waals surface area contributed by atoms with Crippen LogP contribution in [0.3, 0.4) is 0 Å².